The maximum atomic E-state index is 10.1. The predicted octanol–water partition coefficient (Wildman–Crippen LogP) is -2.97. The van der Waals surface area contributed by atoms with Gasteiger partial charge in [0.2, 0.25) is 6.29 Å². The summed E-state index contributed by atoms with van der Waals surface area (Å²) in [7, 11) is 0. The number of ether oxygens (including phenoxy) is 4. The summed E-state index contributed by atoms with van der Waals surface area (Å²) in [6.07, 6.45) is -12.7. The van der Waals surface area contributed by atoms with Crippen LogP contribution in [0.4, 0.5) is 0 Å². The van der Waals surface area contributed by atoms with Crippen molar-refractivity contribution in [2.45, 2.75) is 55.3 Å². The molecule has 2 aliphatic rings. The van der Waals surface area contributed by atoms with Crippen LogP contribution in [0.2, 0.25) is 0 Å². The van der Waals surface area contributed by atoms with E-state index >= 15 is 0 Å². The first-order valence-electron chi connectivity index (χ1n) is 8.70. The molecular weight excluding hydrogens is 380 g/mol. The topological polar surface area (TPSA) is 179 Å². The van der Waals surface area contributed by atoms with Gasteiger partial charge in [0.25, 0.3) is 0 Å². The molecule has 2 heterocycles. The molecule has 0 aliphatic carbocycles. The van der Waals surface area contributed by atoms with Crippen molar-refractivity contribution >= 4 is 0 Å². The molecule has 28 heavy (non-hydrogen) atoms. The Kier molecular flexibility index (Phi) is 6.70. The number of aliphatic hydroxyl groups excluding tert-OH is 6. The normalized spacial score (nSPS) is 41.6. The summed E-state index contributed by atoms with van der Waals surface area (Å²) in [5, 5.41) is 68.5. The van der Waals surface area contributed by atoms with E-state index in [4.69, 9.17) is 18.9 Å². The zero-order valence-electron chi connectivity index (χ0n) is 14.7. The summed E-state index contributed by atoms with van der Waals surface area (Å²) in [4.78, 5) is 0. The summed E-state index contributed by atoms with van der Waals surface area (Å²) in [6.45, 7) is -0.629. The average molecular weight is 404 g/mol. The number of phenolic OH excluding ortho intramolecular Hbond substituents is 1. The van der Waals surface area contributed by atoms with Gasteiger partial charge in [0, 0.05) is 0 Å². The van der Waals surface area contributed by atoms with Gasteiger partial charge in [-0.3, -0.25) is 0 Å². The minimum absolute atomic E-state index is 0.0116. The molecule has 11 nitrogen and oxygen atoms in total. The molecular formula is C17H24O11. The highest BCUT2D eigenvalue weighted by molar-refractivity contribution is 5.30. The molecule has 158 valence electrons. The first-order valence-corrected chi connectivity index (χ1v) is 8.70. The molecule has 0 amide bonds. The Morgan fingerprint density at radius 3 is 2.14 bits per heavy atom. The largest absolute Gasteiger partial charge is 0.508 e. The van der Waals surface area contributed by atoms with Crippen molar-refractivity contribution in [1.29, 1.82) is 0 Å². The number of benzene rings is 1. The second-order valence-electron chi connectivity index (χ2n) is 6.71. The first-order chi connectivity index (χ1) is 13.3. The fourth-order valence-electron chi connectivity index (χ4n) is 2.93. The lowest BCUT2D eigenvalue weighted by Gasteiger charge is -2.41. The van der Waals surface area contributed by atoms with E-state index in [2.05, 4.69) is 0 Å². The van der Waals surface area contributed by atoms with E-state index in [1.54, 1.807) is 0 Å². The van der Waals surface area contributed by atoms with Crippen molar-refractivity contribution in [2.75, 3.05) is 13.2 Å². The van der Waals surface area contributed by atoms with Gasteiger partial charge in [-0.2, -0.15) is 0 Å². The molecule has 0 radical (unpaired) electrons. The fraction of sp³-hybridized carbons (Fsp3) is 0.647. The van der Waals surface area contributed by atoms with Crippen molar-refractivity contribution in [2.24, 2.45) is 0 Å². The molecule has 1 aromatic rings. The summed E-state index contributed by atoms with van der Waals surface area (Å²) >= 11 is 0. The highest BCUT2D eigenvalue weighted by Gasteiger charge is 2.46. The monoisotopic (exact) mass is 404 g/mol. The van der Waals surface area contributed by atoms with E-state index in [0.717, 1.165) is 0 Å². The Bertz CT molecular complexity index is 626. The van der Waals surface area contributed by atoms with Crippen LogP contribution in [0.15, 0.2) is 24.3 Å². The highest BCUT2D eigenvalue weighted by atomic mass is 16.7. The molecule has 3 rings (SSSR count). The molecule has 1 aromatic carbocycles. The van der Waals surface area contributed by atoms with E-state index in [-0.39, 0.29) is 24.7 Å². The van der Waals surface area contributed by atoms with Crippen LogP contribution in [0.25, 0.3) is 0 Å². The van der Waals surface area contributed by atoms with Crippen LogP contribution in [0.5, 0.6) is 11.5 Å². The predicted molar refractivity (Wildman–Crippen MR) is 89.1 cm³/mol. The third-order valence-corrected chi connectivity index (χ3v) is 4.64. The number of aliphatic hydroxyl groups is 6. The van der Waals surface area contributed by atoms with Crippen LogP contribution < -0.4 is 4.74 Å². The van der Waals surface area contributed by atoms with Gasteiger partial charge in [-0.1, -0.05) is 0 Å². The molecule has 7 N–H and O–H groups in total. The second kappa shape index (κ2) is 8.86. The van der Waals surface area contributed by atoms with Crippen LogP contribution in [0.3, 0.4) is 0 Å². The van der Waals surface area contributed by atoms with Gasteiger partial charge < -0.3 is 54.7 Å². The van der Waals surface area contributed by atoms with Crippen LogP contribution >= 0.6 is 0 Å². The van der Waals surface area contributed by atoms with Crippen LogP contribution in [0, 0.1) is 0 Å². The van der Waals surface area contributed by atoms with Gasteiger partial charge in [-0.25, -0.2) is 0 Å². The van der Waals surface area contributed by atoms with Gasteiger partial charge in [-0.15, -0.1) is 0 Å². The molecule has 2 fully saturated rings. The Morgan fingerprint density at radius 2 is 1.46 bits per heavy atom. The molecule has 0 unspecified atom stereocenters. The average Bonchev–Trinajstić information content (AvgIpc) is 2.68. The number of hydrogen-bond donors (Lipinski definition) is 7. The molecule has 2 aliphatic heterocycles. The SMILES string of the molecule is Oc1ccc(O[C@@H]2O[C@H](CO[C@@H]3OC[C@@H](O)[C@H](O)[C@H]3O)[C@@H](O)[C@H](O)[C@H]2O)cc1. The van der Waals surface area contributed by atoms with E-state index in [1.165, 1.54) is 24.3 Å². The molecule has 11 heteroatoms. The second-order valence-corrected chi connectivity index (χ2v) is 6.71. The van der Waals surface area contributed by atoms with E-state index in [1.807, 2.05) is 0 Å². The highest BCUT2D eigenvalue weighted by Crippen LogP contribution is 2.26. The standard InChI is InChI=1S/C17H24O11/c18-7-1-3-8(4-2-7)27-17-15(24)13(22)12(21)10(28-17)6-26-16-14(23)11(20)9(19)5-25-16/h1-4,9-24H,5-6H2/t9-,10-,11+,12-,13+,14-,15-,16+,17-/m1/s1. The van der Waals surface area contributed by atoms with Crippen LogP contribution in [-0.4, -0.2) is 104 Å². The van der Waals surface area contributed by atoms with E-state index in [0.29, 0.717) is 0 Å². The minimum Gasteiger partial charge on any atom is -0.508 e. The van der Waals surface area contributed by atoms with E-state index in [9.17, 15) is 35.7 Å². The lowest BCUT2D eigenvalue weighted by Crippen LogP contribution is -2.61. The van der Waals surface area contributed by atoms with Gasteiger partial charge in [-0.05, 0) is 24.3 Å². The van der Waals surface area contributed by atoms with Gasteiger partial charge in [0.05, 0.1) is 13.2 Å². The van der Waals surface area contributed by atoms with Crippen molar-refractivity contribution in [3.05, 3.63) is 24.3 Å². The summed E-state index contributed by atoms with van der Waals surface area (Å²) < 4.78 is 21.3. The van der Waals surface area contributed by atoms with Crippen molar-refractivity contribution in [3.8, 4) is 11.5 Å². The van der Waals surface area contributed by atoms with Crippen LogP contribution in [0.1, 0.15) is 0 Å². The Morgan fingerprint density at radius 1 is 0.821 bits per heavy atom. The molecule has 0 bridgehead atoms. The van der Waals surface area contributed by atoms with E-state index < -0.39 is 55.3 Å². The first kappa shape index (κ1) is 21.2. The quantitative estimate of drug-likeness (QED) is 0.266. The molecule has 2 saturated heterocycles. The number of hydrogen-bond acceptors (Lipinski definition) is 11. The zero-order valence-corrected chi connectivity index (χ0v) is 14.7. The van der Waals surface area contributed by atoms with Crippen molar-refractivity contribution in [1.82, 2.24) is 0 Å². The Hall–Kier alpha value is -1.54. The smallest absolute Gasteiger partial charge is 0.229 e. The van der Waals surface area contributed by atoms with Gasteiger partial charge >= 0.3 is 0 Å². The fourth-order valence-corrected chi connectivity index (χ4v) is 2.93. The molecule has 0 aromatic heterocycles. The maximum Gasteiger partial charge on any atom is 0.229 e. The molecule has 9 atom stereocenters. The Balaban J connectivity index is 1.61. The number of aromatic hydroxyl groups is 1. The number of rotatable bonds is 5. The van der Waals surface area contributed by atoms with Crippen molar-refractivity contribution < 1.29 is 54.7 Å². The van der Waals surface area contributed by atoms with Crippen molar-refractivity contribution in [3.63, 3.8) is 0 Å². The third-order valence-electron chi connectivity index (χ3n) is 4.64. The lowest BCUT2D eigenvalue weighted by atomic mass is 9.99. The summed E-state index contributed by atoms with van der Waals surface area (Å²) in [5.74, 6) is 0.255. The number of phenols is 1. The van der Waals surface area contributed by atoms with Gasteiger partial charge in [0.15, 0.2) is 6.29 Å². The lowest BCUT2D eigenvalue weighted by molar-refractivity contribution is -0.307. The van der Waals surface area contributed by atoms with Crippen LogP contribution in [-0.2, 0) is 14.2 Å². The summed E-state index contributed by atoms with van der Waals surface area (Å²) in [6, 6.07) is 5.57. The molecule has 0 saturated carbocycles. The third kappa shape index (κ3) is 4.54. The minimum atomic E-state index is -1.60. The maximum absolute atomic E-state index is 10.1. The van der Waals surface area contributed by atoms with Gasteiger partial charge in [0.1, 0.15) is 54.2 Å². The molecule has 0 spiro atoms. The summed E-state index contributed by atoms with van der Waals surface area (Å²) in [5.41, 5.74) is 0. The Labute approximate surface area is 159 Å². The zero-order chi connectivity index (χ0) is 20.4.